The Morgan fingerprint density at radius 2 is 1.94 bits per heavy atom. The van der Waals surface area contributed by atoms with Gasteiger partial charge in [0.15, 0.2) is 0 Å². The van der Waals surface area contributed by atoms with Crippen LogP contribution in [0.25, 0.3) is 0 Å². The molecule has 0 unspecified atom stereocenters. The first-order valence-electron chi connectivity index (χ1n) is 5.35. The molecule has 1 rings (SSSR count). The number of nitrogens with two attached hydrogens (primary N) is 1. The molecule has 0 aromatic carbocycles. The summed E-state index contributed by atoms with van der Waals surface area (Å²) in [6, 6.07) is 0. The van der Waals surface area contributed by atoms with Crippen LogP contribution >= 0.6 is 0 Å². The van der Waals surface area contributed by atoms with Crippen LogP contribution in [-0.4, -0.2) is 25.8 Å². The maximum absolute atomic E-state index is 11.8. The van der Waals surface area contributed by atoms with Gasteiger partial charge in [0.25, 0.3) is 5.56 Å². The first-order valence-corrected chi connectivity index (χ1v) is 5.35. The maximum atomic E-state index is 11.8. The predicted octanol–water partition coefficient (Wildman–Crippen LogP) is -1.46. The van der Waals surface area contributed by atoms with E-state index in [1.54, 1.807) is 13.8 Å². The average Bonchev–Trinajstić information content (AvgIpc) is 2.20. The molecule has 1 aromatic rings. The van der Waals surface area contributed by atoms with E-state index in [0.29, 0.717) is 0 Å². The van der Waals surface area contributed by atoms with E-state index < -0.39 is 22.7 Å². The van der Waals surface area contributed by atoms with E-state index in [1.807, 2.05) is 0 Å². The van der Waals surface area contributed by atoms with Gasteiger partial charge in [0.05, 0.1) is 0 Å². The molecule has 0 aliphatic rings. The Hall–Kier alpha value is -2.12. The van der Waals surface area contributed by atoms with Crippen LogP contribution in [0, 0.1) is 0 Å². The fourth-order valence-corrected chi connectivity index (χ4v) is 1.58. The molecule has 0 bridgehead atoms. The number of aryl methyl sites for hydroxylation is 1. The van der Waals surface area contributed by atoms with Crippen LogP contribution in [0.5, 0.6) is 0 Å². The molecule has 1 heterocycles. The van der Waals surface area contributed by atoms with E-state index in [9.17, 15) is 14.4 Å². The van der Waals surface area contributed by atoms with Gasteiger partial charge in [-0.1, -0.05) is 0 Å². The molecule has 0 fully saturated rings. The third-order valence-electron chi connectivity index (χ3n) is 2.39. The number of carbonyl (C=O) groups excluding carboxylic acids is 1. The van der Waals surface area contributed by atoms with Crippen molar-refractivity contribution in [3.63, 3.8) is 0 Å². The van der Waals surface area contributed by atoms with Gasteiger partial charge in [0.1, 0.15) is 0 Å². The van der Waals surface area contributed by atoms with Gasteiger partial charge < -0.3 is 11.1 Å². The maximum Gasteiger partial charge on any atom is 0.346 e. The van der Waals surface area contributed by atoms with Crippen molar-refractivity contribution in [2.24, 2.45) is 19.8 Å². The van der Waals surface area contributed by atoms with Crippen LogP contribution in [0.1, 0.15) is 20.3 Å². The summed E-state index contributed by atoms with van der Waals surface area (Å²) in [5.41, 5.74) is 3.34. The minimum absolute atomic E-state index is 0.00542. The summed E-state index contributed by atoms with van der Waals surface area (Å²) in [5.74, 6) is -0.486. The molecule has 100 valence electrons. The lowest BCUT2D eigenvalue weighted by molar-refractivity contribution is -0.118. The second-order valence-electron chi connectivity index (χ2n) is 4.77. The lowest BCUT2D eigenvalue weighted by Gasteiger charge is -2.25. The number of hydrogen-bond donors (Lipinski definition) is 2. The molecule has 1 amide bonds. The smallest absolute Gasteiger partial charge is 0.346 e. The lowest BCUT2D eigenvalue weighted by Crippen LogP contribution is -2.44. The second kappa shape index (κ2) is 4.63. The zero-order valence-electron chi connectivity index (χ0n) is 10.9. The summed E-state index contributed by atoms with van der Waals surface area (Å²) in [6.07, 6.45) is 0.0423. The highest BCUT2D eigenvalue weighted by Gasteiger charge is 2.23. The first-order chi connectivity index (χ1) is 8.14. The first kappa shape index (κ1) is 13.9. The summed E-state index contributed by atoms with van der Waals surface area (Å²) in [7, 11) is 2.80. The van der Waals surface area contributed by atoms with E-state index in [2.05, 4.69) is 10.4 Å². The Morgan fingerprint density at radius 1 is 1.39 bits per heavy atom. The van der Waals surface area contributed by atoms with Crippen molar-refractivity contribution in [1.82, 2.24) is 14.3 Å². The molecule has 8 nitrogen and oxygen atoms in total. The molecule has 0 saturated heterocycles. The summed E-state index contributed by atoms with van der Waals surface area (Å²) >= 11 is 0. The van der Waals surface area contributed by atoms with Crippen LogP contribution in [0.15, 0.2) is 9.59 Å². The van der Waals surface area contributed by atoms with Gasteiger partial charge in [-0.2, -0.15) is 0 Å². The summed E-state index contributed by atoms with van der Waals surface area (Å²) < 4.78 is 1.99. The number of nitrogens with zero attached hydrogens (tertiary/aromatic N) is 3. The topological polar surface area (TPSA) is 112 Å². The monoisotopic (exact) mass is 255 g/mol. The standard InChI is InChI=1S/C10H17N5O3/c1-10(2,5-6(11)16)12-7-8(17)14(3)9(18)15(4)13-7/h5H2,1-4H3,(H2,11,16)(H,12,13). The molecule has 18 heavy (non-hydrogen) atoms. The summed E-state index contributed by atoms with van der Waals surface area (Å²) in [4.78, 5) is 34.2. The van der Waals surface area contributed by atoms with Gasteiger partial charge in [-0.25, -0.2) is 9.48 Å². The third kappa shape index (κ3) is 2.96. The molecule has 0 spiro atoms. The predicted molar refractivity (Wildman–Crippen MR) is 66.2 cm³/mol. The Bertz CT molecular complexity index is 584. The van der Waals surface area contributed by atoms with Crippen molar-refractivity contribution >= 4 is 11.7 Å². The molecule has 0 atom stereocenters. The van der Waals surface area contributed by atoms with Crippen LogP contribution in [0.3, 0.4) is 0 Å². The number of anilines is 1. The molecule has 0 aliphatic heterocycles. The fraction of sp³-hybridized carbons (Fsp3) is 0.600. The van der Waals surface area contributed by atoms with E-state index in [1.165, 1.54) is 14.1 Å². The van der Waals surface area contributed by atoms with Crippen LogP contribution in [-0.2, 0) is 18.9 Å². The van der Waals surface area contributed by atoms with E-state index in [4.69, 9.17) is 5.73 Å². The zero-order valence-corrected chi connectivity index (χ0v) is 10.9. The van der Waals surface area contributed by atoms with E-state index in [0.717, 1.165) is 9.25 Å². The number of rotatable bonds is 4. The molecular weight excluding hydrogens is 238 g/mol. The van der Waals surface area contributed by atoms with Gasteiger partial charge in [0.2, 0.25) is 11.7 Å². The minimum Gasteiger partial charge on any atom is -0.370 e. The minimum atomic E-state index is -0.720. The highest BCUT2D eigenvalue weighted by Crippen LogP contribution is 2.12. The van der Waals surface area contributed by atoms with Crippen molar-refractivity contribution < 1.29 is 4.79 Å². The molecule has 0 saturated carbocycles. The largest absolute Gasteiger partial charge is 0.370 e. The molecule has 0 aliphatic carbocycles. The van der Waals surface area contributed by atoms with Gasteiger partial charge in [0, 0.05) is 26.1 Å². The van der Waals surface area contributed by atoms with E-state index >= 15 is 0 Å². The molecular formula is C10H17N5O3. The Balaban J connectivity index is 3.17. The Labute approximate surface area is 103 Å². The summed E-state index contributed by atoms with van der Waals surface area (Å²) in [5, 5.41) is 6.65. The van der Waals surface area contributed by atoms with Crippen LogP contribution < -0.4 is 22.3 Å². The van der Waals surface area contributed by atoms with Gasteiger partial charge >= 0.3 is 5.69 Å². The normalized spacial score (nSPS) is 11.3. The number of amides is 1. The third-order valence-corrected chi connectivity index (χ3v) is 2.39. The van der Waals surface area contributed by atoms with Gasteiger partial charge in [-0.05, 0) is 13.8 Å². The average molecular weight is 255 g/mol. The van der Waals surface area contributed by atoms with Crippen LogP contribution in [0.2, 0.25) is 0 Å². The molecule has 0 radical (unpaired) electrons. The summed E-state index contributed by atoms with van der Waals surface area (Å²) in [6.45, 7) is 3.42. The number of primary amides is 1. The number of nitrogens with one attached hydrogen (secondary N) is 1. The Kier molecular flexibility index (Phi) is 3.59. The fourth-order valence-electron chi connectivity index (χ4n) is 1.58. The Morgan fingerprint density at radius 3 is 2.44 bits per heavy atom. The number of hydrogen-bond acceptors (Lipinski definition) is 5. The number of aromatic nitrogens is 3. The van der Waals surface area contributed by atoms with Crippen molar-refractivity contribution in [2.45, 2.75) is 25.8 Å². The van der Waals surface area contributed by atoms with Crippen molar-refractivity contribution in [3.8, 4) is 0 Å². The highest BCUT2D eigenvalue weighted by atomic mass is 16.2. The van der Waals surface area contributed by atoms with Gasteiger partial charge in [-0.15, -0.1) is 5.10 Å². The zero-order chi connectivity index (χ0) is 14.1. The second-order valence-corrected chi connectivity index (χ2v) is 4.77. The van der Waals surface area contributed by atoms with Gasteiger partial charge in [-0.3, -0.25) is 14.2 Å². The lowest BCUT2D eigenvalue weighted by atomic mass is 10.0. The van der Waals surface area contributed by atoms with Crippen LogP contribution in [0.4, 0.5) is 5.82 Å². The molecule has 3 N–H and O–H groups in total. The number of carbonyl (C=O) groups is 1. The quantitative estimate of drug-likeness (QED) is 0.683. The van der Waals surface area contributed by atoms with Crippen molar-refractivity contribution in [1.29, 1.82) is 0 Å². The molecule has 1 aromatic heterocycles. The molecule has 8 heteroatoms. The van der Waals surface area contributed by atoms with Crippen molar-refractivity contribution in [3.05, 3.63) is 20.8 Å². The van der Waals surface area contributed by atoms with E-state index in [-0.39, 0.29) is 12.2 Å². The SMILES string of the molecule is Cn1nc(NC(C)(C)CC(N)=O)c(=O)n(C)c1=O. The van der Waals surface area contributed by atoms with Crippen molar-refractivity contribution in [2.75, 3.05) is 5.32 Å². The highest BCUT2D eigenvalue weighted by molar-refractivity contribution is 5.75.